The van der Waals surface area contributed by atoms with E-state index in [0.717, 1.165) is 19.5 Å². The number of piperazine rings is 1. The highest BCUT2D eigenvalue weighted by Crippen LogP contribution is 2.33. The van der Waals surface area contributed by atoms with Crippen molar-refractivity contribution in [3.63, 3.8) is 0 Å². The summed E-state index contributed by atoms with van der Waals surface area (Å²) in [7, 11) is 0. The lowest BCUT2D eigenvalue weighted by Gasteiger charge is -2.26. The normalized spacial score (nSPS) is 22.5. The monoisotopic (exact) mass is 220 g/mol. The van der Waals surface area contributed by atoms with Crippen LogP contribution in [-0.2, 0) is 6.42 Å². The van der Waals surface area contributed by atoms with E-state index in [4.69, 9.17) is 0 Å². The minimum Gasteiger partial charge on any atom is -0.314 e. The molecule has 1 saturated heterocycles. The van der Waals surface area contributed by atoms with E-state index in [1.807, 2.05) is 6.20 Å². The zero-order valence-electron chi connectivity index (χ0n) is 9.73. The van der Waals surface area contributed by atoms with Crippen molar-refractivity contribution in [2.24, 2.45) is 0 Å². The Labute approximate surface area is 96.6 Å². The van der Waals surface area contributed by atoms with E-state index in [1.54, 1.807) is 0 Å². The lowest BCUT2D eigenvalue weighted by Crippen LogP contribution is -2.44. The molecule has 0 amide bonds. The Bertz CT molecular complexity index is 337. The van der Waals surface area contributed by atoms with Crippen LogP contribution in [0, 0.1) is 0 Å². The van der Waals surface area contributed by atoms with Crippen molar-refractivity contribution in [1.82, 2.24) is 20.0 Å². The molecule has 0 radical (unpaired) electrons. The van der Waals surface area contributed by atoms with Crippen LogP contribution in [0.1, 0.15) is 24.4 Å². The van der Waals surface area contributed by atoms with E-state index >= 15 is 0 Å². The molecule has 1 aliphatic carbocycles. The van der Waals surface area contributed by atoms with Gasteiger partial charge >= 0.3 is 0 Å². The first kappa shape index (κ1) is 10.3. The van der Waals surface area contributed by atoms with Gasteiger partial charge in [0.15, 0.2) is 0 Å². The van der Waals surface area contributed by atoms with Crippen LogP contribution >= 0.6 is 0 Å². The highest BCUT2D eigenvalue weighted by Gasteiger charge is 2.24. The summed E-state index contributed by atoms with van der Waals surface area (Å²) in [6, 6.07) is 0.716. The molecule has 1 N–H and O–H groups in total. The van der Waals surface area contributed by atoms with Crippen molar-refractivity contribution in [2.75, 3.05) is 32.7 Å². The Hall–Kier alpha value is -0.870. The molecule has 0 bridgehead atoms. The molecule has 4 nitrogen and oxygen atoms in total. The van der Waals surface area contributed by atoms with Crippen LogP contribution in [0.15, 0.2) is 12.4 Å². The Balaban J connectivity index is 1.49. The molecule has 3 rings (SSSR count). The number of rotatable bonds is 4. The van der Waals surface area contributed by atoms with Gasteiger partial charge in [0.05, 0.1) is 12.2 Å². The minimum absolute atomic E-state index is 0.716. The maximum Gasteiger partial charge on any atom is 0.0522 e. The van der Waals surface area contributed by atoms with Crippen molar-refractivity contribution in [1.29, 1.82) is 0 Å². The molecule has 1 aliphatic heterocycles. The van der Waals surface area contributed by atoms with Crippen LogP contribution in [0.3, 0.4) is 0 Å². The van der Waals surface area contributed by atoms with Gasteiger partial charge in [0.2, 0.25) is 0 Å². The molecule has 16 heavy (non-hydrogen) atoms. The third-order valence-electron chi connectivity index (χ3n) is 3.50. The summed E-state index contributed by atoms with van der Waals surface area (Å²) in [5.41, 5.74) is 1.39. The zero-order valence-corrected chi connectivity index (χ0v) is 9.73. The van der Waals surface area contributed by atoms with Crippen molar-refractivity contribution >= 4 is 0 Å². The van der Waals surface area contributed by atoms with Gasteiger partial charge < -0.3 is 10.2 Å². The van der Waals surface area contributed by atoms with Crippen LogP contribution in [0.25, 0.3) is 0 Å². The van der Waals surface area contributed by atoms with E-state index < -0.39 is 0 Å². The first-order valence-corrected chi connectivity index (χ1v) is 6.38. The zero-order chi connectivity index (χ0) is 10.8. The molecule has 0 unspecified atom stereocenters. The first-order valence-electron chi connectivity index (χ1n) is 6.38. The Morgan fingerprint density at radius 1 is 1.31 bits per heavy atom. The van der Waals surface area contributed by atoms with Gasteiger partial charge in [-0.1, -0.05) is 0 Å². The average Bonchev–Trinajstić information content (AvgIpc) is 3.08. The SMILES string of the molecule is c1nn(C2CC2)cc1CCN1CCNCC1. The summed E-state index contributed by atoms with van der Waals surface area (Å²) in [4.78, 5) is 2.53. The Morgan fingerprint density at radius 2 is 2.12 bits per heavy atom. The van der Waals surface area contributed by atoms with Gasteiger partial charge in [-0.05, 0) is 24.8 Å². The fourth-order valence-corrected chi connectivity index (χ4v) is 2.27. The molecule has 1 aromatic rings. The van der Waals surface area contributed by atoms with Gasteiger partial charge in [-0.15, -0.1) is 0 Å². The molecule has 2 aliphatic rings. The second-order valence-electron chi connectivity index (χ2n) is 4.90. The van der Waals surface area contributed by atoms with Crippen LogP contribution in [0.2, 0.25) is 0 Å². The topological polar surface area (TPSA) is 33.1 Å². The van der Waals surface area contributed by atoms with Gasteiger partial charge in [-0.3, -0.25) is 4.68 Å². The Kier molecular flexibility index (Phi) is 2.93. The van der Waals surface area contributed by atoms with Crippen molar-refractivity contribution in [3.05, 3.63) is 18.0 Å². The van der Waals surface area contributed by atoms with Gasteiger partial charge in [-0.2, -0.15) is 5.10 Å². The summed E-state index contributed by atoms with van der Waals surface area (Å²) in [5, 5.41) is 7.81. The van der Waals surface area contributed by atoms with Crippen LogP contribution < -0.4 is 5.32 Å². The molecule has 4 heteroatoms. The Morgan fingerprint density at radius 3 is 2.88 bits per heavy atom. The van der Waals surface area contributed by atoms with Crippen molar-refractivity contribution in [2.45, 2.75) is 25.3 Å². The quantitative estimate of drug-likeness (QED) is 0.809. The summed E-state index contributed by atoms with van der Waals surface area (Å²) in [5.74, 6) is 0. The third-order valence-corrected chi connectivity index (χ3v) is 3.50. The van der Waals surface area contributed by atoms with Gasteiger partial charge in [0, 0.05) is 38.9 Å². The molecule has 88 valence electrons. The van der Waals surface area contributed by atoms with Crippen LogP contribution in [0.5, 0.6) is 0 Å². The van der Waals surface area contributed by atoms with Crippen LogP contribution in [0.4, 0.5) is 0 Å². The van der Waals surface area contributed by atoms with E-state index in [-0.39, 0.29) is 0 Å². The summed E-state index contributed by atoms with van der Waals surface area (Å²) >= 11 is 0. The lowest BCUT2D eigenvalue weighted by atomic mass is 10.2. The number of hydrogen-bond donors (Lipinski definition) is 1. The maximum atomic E-state index is 4.43. The second kappa shape index (κ2) is 4.55. The smallest absolute Gasteiger partial charge is 0.0522 e. The van der Waals surface area contributed by atoms with Gasteiger partial charge in [0.1, 0.15) is 0 Å². The third kappa shape index (κ3) is 2.44. The summed E-state index contributed by atoms with van der Waals surface area (Å²) in [6.07, 6.45) is 8.06. The predicted molar refractivity (Wildman–Crippen MR) is 63.5 cm³/mol. The molecule has 0 aromatic carbocycles. The predicted octanol–water partition coefficient (Wildman–Crippen LogP) is 0.666. The summed E-state index contributed by atoms with van der Waals surface area (Å²) in [6.45, 7) is 5.84. The molecular weight excluding hydrogens is 200 g/mol. The fourth-order valence-electron chi connectivity index (χ4n) is 2.27. The number of nitrogens with one attached hydrogen (secondary N) is 1. The molecule has 1 saturated carbocycles. The molecule has 1 aromatic heterocycles. The maximum absolute atomic E-state index is 4.43. The summed E-state index contributed by atoms with van der Waals surface area (Å²) < 4.78 is 2.15. The van der Waals surface area contributed by atoms with E-state index in [0.29, 0.717) is 6.04 Å². The fraction of sp³-hybridized carbons (Fsp3) is 0.750. The largest absolute Gasteiger partial charge is 0.314 e. The highest BCUT2D eigenvalue weighted by molar-refractivity contribution is 5.06. The number of hydrogen-bond acceptors (Lipinski definition) is 3. The first-order chi connectivity index (χ1) is 7.92. The molecular formula is C12H20N4. The molecule has 2 fully saturated rings. The second-order valence-corrected chi connectivity index (χ2v) is 4.90. The lowest BCUT2D eigenvalue weighted by molar-refractivity contribution is 0.244. The van der Waals surface area contributed by atoms with E-state index in [9.17, 15) is 0 Å². The van der Waals surface area contributed by atoms with Gasteiger partial charge in [0.25, 0.3) is 0 Å². The molecule has 0 atom stereocenters. The number of nitrogens with zero attached hydrogens (tertiary/aromatic N) is 3. The van der Waals surface area contributed by atoms with E-state index in [2.05, 4.69) is 26.2 Å². The van der Waals surface area contributed by atoms with E-state index in [1.165, 1.54) is 38.0 Å². The molecule has 0 spiro atoms. The van der Waals surface area contributed by atoms with Crippen LogP contribution in [-0.4, -0.2) is 47.4 Å². The average molecular weight is 220 g/mol. The standard InChI is InChI=1S/C12H20N4/c1-2-12(1)16-10-11(9-14-16)3-6-15-7-4-13-5-8-15/h9-10,12-13H,1-8H2. The molecule has 2 heterocycles. The van der Waals surface area contributed by atoms with Gasteiger partial charge in [-0.25, -0.2) is 0 Å². The highest BCUT2D eigenvalue weighted by atomic mass is 15.3. The number of aromatic nitrogens is 2. The van der Waals surface area contributed by atoms with Crippen molar-refractivity contribution < 1.29 is 0 Å². The minimum atomic E-state index is 0.716. The van der Waals surface area contributed by atoms with Crippen molar-refractivity contribution in [3.8, 4) is 0 Å².